The van der Waals surface area contributed by atoms with Gasteiger partial charge >= 0.3 is 5.97 Å². The lowest BCUT2D eigenvalue weighted by atomic mass is 10.2. The average Bonchev–Trinajstić information content (AvgIpc) is 2.38. The maximum Gasteiger partial charge on any atom is 0.338 e. The first-order valence-corrected chi connectivity index (χ1v) is 5.90. The lowest BCUT2D eigenvalue weighted by Gasteiger charge is -2.04. The van der Waals surface area contributed by atoms with E-state index >= 15 is 0 Å². The summed E-state index contributed by atoms with van der Waals surface area (Å²) in [6, 6.07) is 16.9. The third-order valence-corrected chi connectivity index (χ3v) is 2.74. The Labute approximate surface area is 103 Å². The molecule has 1 unspecified atom stereocenters. The molecule has 2 aromatic rings. The van der Waals surface area contributed by atoms with Crippen molar-refractivity contribution in [3.8, 4) is 0 Å². The molecule has 0 saturated carbocycles. The highest BCUT2D eigenvalue weighted by molar-refractivity contribution is 7.27. The molecule has 0 aliphatic heterocycles. The van der Waals surface area contributed by atoms with Crippen LogP contribution in [0.15, 0.2) is 54.6 Å². The van der Waals surface area contributed by atoms with E-state index in [-0.39, 0.29) is 5.97 Å². The molecule has 0 N–H and O–H groups in total. The van der Waals surface area contributed by atoms with Crippen molar-refractivity contribution in [2.24, 2.45) is 0 Å². The fourth-order valence-electron chi connectivity index (χ4n) is 1.43. The molecular formula is C14H13O2P. The molecule has 3 heteroatoms. The van der Waals surface area contributed by atoms with E-state index in [1.807, 2.05) is 42.5 Å². The zero-order chi connectivity index (χ0) is 12.1. The number of ether oxygens (including phenoxy) is 1. The summed E-state index contributed by atoms with van der Waals surface area (Å²) < 4.78 is 5.21. The van der Waals surface area contributed by atoms with Gasteiger partial charge in [-0.2, -0.15) is 0 Å². The van der Waals surface area contributed by atoms with Crippen LogP contribution in [0.25, 0.3) is 0 Å². The summed E-state index contributed by atoms with van der Waals surface area (Å²) in [5.41, 5.74) is 1.57. The largest absolute Gasteiger partial charge is 0.457 e. The lowest BCUT2D eigenvalue weighted by Crippen LogP contribution is -2.06. The number of rotatable bonds is 3. The van der Waals surface area contributed by atoms with Gasteiger partial charge in [-0.15, -0.1) is 9.24 Å². The standard InChI is InChI=1S/C14H13O2P/c15-14(12-6-8-13(17)9-7-12)16-10-11-4-2-1-3-5-11/h1-9H,10,17H2. The average molecular weight is 244 g/mol. The molecule has 0 bridgehead atoms. The van der Waals surface area contributed by atoms with Gasteiger partial charge in [-0.25, -0.2) is 4.79 Å². The Balaban J connectivity index is 1.96. The Bertz CT molecular complexity index is 491. The van der Waals surface area contributed by atoms with Crippen LogP contribution in [-0.2, 0) is 11.3 Å². The molecule has 0 aliphatic rings. The van der Waals surface area contributed by atoms with E-state index in [1.54, 1.807) is 12.1 Å². The molecule has 1 atom stereocenters. The van der Waals surface area contributed by atoms with Crippen LogP contribution in [0.2, 0.25) is 0 Å². The number of hydrogen-bond acceptors (Lipinski definition) is 2. The van der Waals surface area contributed by atoms with Crippen LogP contribution in [0, 0.1) is 0 Å². The van der Waals surface area contributed by atoms with Crippen molar-refractivity contribution in [1.29, 1.82) is 0 Å². The first-order valence-electron chi connectivity index (χ1n) is 5.32. The molecule has 0 spiro atoms. The summed E-state index contributed by atoms with van der Waals surface area (Å²) in [6.07, 6.45) is 0. The van der Waals surface area contributed by atoms with Crippen molar-refractivity contribution in [3.05, 3.63) is 65.7 Å². The molecule has 0 heterocycles. The van der Waals surface area contributed by atoms with Crippen LogP contribution in [0.1, 0.15) is 15.9 Å². The van der Waals surface area contributed by atoms with E-state index in [2.05, 4.69) is 9.24 Å². The lowest BCUT2D eigenvalue weighted by molar-refractivity contribution is 0.0473. The Morgan fingerprint density at radius 2 is 1.65 bits per heavy atom. The van der Waals surface area contributed by atoms with Crippen LogP contribution >= 0.6 is 9.24 Å². The second-order valence-electron chi connectivity index (χ2n) is 3.68. The Morgan fingerprint density at radius 1 is 1.00 bits per heavy atom. The first-order chi connectivity index (χ1) is 8.25. The Morgan fingerprint density at radius 3 is 2.29 bits per heavy atom. The zero-order valence-corrected chi connectivity index (χ0v) is 10.5. The molecule has 0 fully saturated rings. The molecule has 0 saturated heterocycles. The highest BCUT2D eigenvalue weighted by Gasteiger charge is 2.06. The van der Waals surface area contributed by atoms with Crippen molar-refractivity contribution in [2.45, 2.75) is 6.61 Å². The molecule has 0 aliphatic carbocycles. The fourth-order valence-corrected chi connectivity index (χ4v) is 1.62. The van der Waals surface area contributed by atoms with Crippen molar-refractivity contribution >= 4 is 20.5 Å². The second-order valence-corrected chi connectivity index (χ2v) is 4.35. The summed E-state index contributed by atoms with van der Waals surface area (Å²) in [6.45, 7) is 0.308. The minimum Gasteiger partial charge on any atom is -0.457 e. The molecule has 0 aromatic heterocycles. The summed E-state index contributed by atoms with van der Waals surface area (Å²) in [7, 11) is 2.58. The Kier molecular flexibility index (Phi) is 3.89. The van der Waals surface area contributed by atoms with Crippen LogP contribution in [0.4, 0.5) is 0 Å². The van der Waals surface area contributed by atoms with Gasteiger partial charge in [-0.05, 0) is 23.0 Å². The van der Waals surface area contributed by atoms with Crippen molar-refractivity contribution in [2.75, 3.05) is 0 Å². The van der Waals surface area contributed by atoms with Gasteiger partial charge in [0.25, 0.3) is 0 Å². The zero-order valence-electron chi connectivity index (χ0n) is 9.30. The molecular weight excluding hydrogens is 231 g/mol. The molecule has 86 valence electrons. The predicted molar refractivity (Wildman–Crippen MR) is 71.3 cm³/mol. The molecule has 2 aromatic carbocycles. The second kappa shape index (κ2) is 5.60. The summed E-state index contributed by atoms with van der Waals surface area (Å²) in [5.74, 6) is -0.293. The topological polar surface area (TPSA) is 26.3 Å². The third kappa shape index (κ3) is 3.40. The first kappa shape index (κ1) is 11.8. The smallest absolute Gasteiger partial charge is 0.338 e. The summed E-state index contributed by atoms with van der Waals surface area (Å²) >= 11 is 0. The Hall–Kier alpha value is -1.66. The quantitative estimate of drug-likeness (QED) is 0.612. The predicted octanol–water partition coefficient (Wildman–Crippen LogP) is 2.54. The van der Waals surface area contributed by atoms with E-state index in [1.165, 1.54) is 0 Å². The molecule has 0 amide bonds. The van der Waals surface area contributed by atoms with Crippen LogP contribution in [-0.4, -0.2) is 5.97 Å². The normalized spacial score (nSPS) is 9.94. The van der Waals surface area contributed by atoms with Crippen LogP contribution < -0.4 is 5.30 Å². The van der Waals surface area contributed by atoms with Crippen LogP contribution in [0.5, 0.6) is 0 Å². The van der Waals surface area contributed by atoms with E-state index < -0.39 is 0 Å². The van der Waals surface area contributed by atoms with Crippen molar-refractivity contribution < 1.29 is 9.53 Å². The minimum atomic E-state index is -0.293. The minimum absolute atomic E-state index is 0.293. The number of esters is 1. The fraction of sp³-hybridized carbons (Fsp3) is 0.0714. The van der Waals surface area contributed by atoms with Gasteiger partial charge in [0, 0.05) is 0 Å². The third-order valence-electron chi connectivity index (χ3n) is 2.36. The highest BCUT2D eigenvalue weighted by atomic mass is 31.0. The summed E-state index contributed by atoms with van der Waals surface area (Å²) in [4.78, 5) is 11.7. The maximum absolute atomic E-state index is 11.7. The van der Waals surface area contributed by atoms with Gasteiger partial charge < -0.3 is 4.74 Å². The van der Waals surface area contributed by atoms with Gasteiger partial charge in [0.05, 0.1) is 5.56 Å². The van der Waals surface area contributed by atoms with Gasteiger partial charge in [0.15, 0.2) is 0 Å². The SMILES string of the molecule is O=C(OCc1ccccc1)c1ccc(P)cc1. The maximum atomic E-state index is 11.7. The van der Waals surface area contributed by atoms with E-state index in [4.69, 9.17) is 4.74 Å². The number of benzene rings is 2. The monoisotopic (exact) mass is 244 g/mol. The number of carbonyl (C=O) groups excluding carboxylic acids is 1. The van der Waals surface area contributed by atoms with Gasteiger partial charge in [0.1, 0.15) is 6.61 Å². The number of hydrogen-bond donors (Lipinski definition) is 0. The van der Waals surface area contributed by atoms with Crippen molar-refractivity contribution in [1.82, 2.24) is 0 Å². The number of carbonyl (C=O) groups is 1. The van der Waals surface area contributed by atoms with Crippen molar-refractivity contribution in [3.63, 3.8) is 0 Å². The summed E-state index contributed by atoms with van der Waals surface area (Å²) in [5, 5.41) is 1.05. The molecule has 2 rings (SSSR count). The molecule has 17 heavy (non-hydrogen) atoms. The highest BCUT2D eigenvalue weighted by Crippen LogP contribution is 2.05. The van der Waals surface area contributed by atoms with E-state index in [0.29, 0.717) is 12.2 Å². The molecule has 2 nitrogen and oxygen atoms in total. The van der Waals surface area contributed by atoms with Gasteiger partial charge in [-0.3, -0.25) is 0 Å². The van der Waals surface area contributed by atoms with Crippen LogP contribution in [0.3, 0.4) is 0 Å². The van der Waals surface area contributed by atoms with Gasteiger partial charge in [-0.1, -0.05) is 42.5 Å². The molecule has 0 radical (unpaired) electrons. The van der Waals surface area contributed by atoms with E-state index in [0.717, 1.165) is 10.9 Å². The van der Waals surface area contributed by atoms with Gasteiger partial charge in [0.2, 0.25) is 0 Å². The van der Waals surface area contributed by atoms with E-state index in [9.17, 15) is 4.79 Å².